The summed E-state index contributed by atoms with van der Waals surface area (Å²) in [6.07, 6.45) is 0. The Kier molecular flexibility index (Phi) is 4.79. The second kappa shape index (κ2) is 6.57. The molecule has 1 N–H and O–H groups in total. The Balaban J connectivity index is 2.08. The highest BCUT2D eigenvalue weighted by Gasteiger charge is 2.08. The Morgan fingerprint density at radius 2 is 2.05 bits per heavy atom. The van der Waals surface area contributed by atoms with Gasteiger partial charge in [0.15, 0.2) is 0 Å². The van der Waals surface area contributed by atoms with Crippen molar-refractivity contribution in [1.29, 1.82) is 0 Å². The SMILES string of the molecule is COC(=O)c1ccc(CNc2cccc(C)c2)c(Br)c1. The fourth-order valence-electron chi connectivity index (χ4n) is 1.89. The number of ether oxygens (including phenoxy) is 1. The summed E-state index contributed by atoms with van der Waals surface area (Å²) in [5, 5.41) is 3.36. The van der Waals surface area contributed by atoms with Gasteiger partial charge in [0.1, 0.15) is 0 Å². The van der Waals surface area contributed by atoms with Crippen molar-refractivity contribution in [1.82, 2.24) is 0 Å². The standard InChI is InChI=1S/C16H16BrNO2/c1-11-4-3-5-14(8-11)18-10-13-7-6-12(9-15(13)17)16(19)20-2/h3-9,18H,10H2,1-2H3. The summed E-state index contributed by atoms with van der Waals surface area (Å²) < 4.78 is 5.59. The predicted octanol–water partition coefficient (Wildman–Crippen LogP) is 4.16. The van der Waals surface area contributed by atoms with Crippen molar-refractivity contribution in [2.75, 3.05) is 12.4 Å². The number of hydrogen-bond acceptors (Lipinski definition) is 3. The van der Waals surface area contributed by atoms with E-state index < -0.39 is 0 Å². The van der Waals surface area contributed by atoms with Gasteiger partial charge in [-0.25, -0.2) is 4.79 Å². The number of anilines is 1. The molecule has 0 fully saturated rings. The molecule has 20 heavy (non-hydrogen) atoms. The summed E-state index contributed by atoms with van der Waals surface area (Å²) in [4.78, 5) is 11.4. The van der Waals surface area contributed by atoms with Crippen molar-refractivity contribution in [3.63, 3.8) is 0 Å². The van der Waals surface area contributed by atoms with Crippen LogP contribution in [-0.2, 0) is 11.3 Å². The third kappa shape index (κ3) is 3.61. The second-order valence-corrected chi connectivity index (χ2v) is 5.38. The summed E-state index contributed by atoms with van der Waals surface area (Å²) in [7, 11) is 1.38. The van der Waals surface area contributed by atoms with E-state index in [1.165, 1.54) is 12.7 Å². The molecule has 3 nitrogen and oxygen atoms in total. The number of rotatable bonds is 4. The zero-order valence-electron chi connectivity index (χ0n) is 11.4. The highest BCUT2D eigenvalue weighted by atomic mass is 79.9. The van der Waals surface area contributed by atoms with E-state index in [0.29, 0.717) is 12.1 Å². The number of carbonyl (C=O) groups excluding carboxylic acids is 1. The molecule has 104 valence electrons. The van der Waals surface area contributed by atoms with Crippen LogP contribution < -0.4 is 5.32 Å². The lowest BCUT2D eigenvalue weighted by atomic mass is 10.1. The Labute approximate surface area is 127 Å². The minimum absolute atomic E-state index is 0.330. The fourth-order valence-corrected chi connectivity index (χ4v) is 2.41. The van der Waals surface area contributed by atoms with E-state index >= 15 is 0 Å². The van der Waals surface area contributed by atoms with Crippen LogP contribution in [0.3, 0.4) is 0 Å². The molecule has 0 aromatic heterocycles. The van der Waals surface area contributed by atoms with Crippen LogP contribution in [0.4, 0.5) is 5.69 Å². The number of esters is 1. The van der Waals surface area contributed by atoms with Gasteiger partial charge in [0, 0.05) is 16.7 Å². The van der Waals surface area contributed by atoms with Crippen LogP contribution in [0.15, 0.2) is 46.9 Å². The summed E-state index contributed by atoms with van der Waals surface area (Å²) in [6.45, 7) is 2.75. The molecule has 4 heteroatoms. The zero-order valence-corrected chi connectivity index (χ0v) is 13.0. The van der Waals surface area contributed by atoms with Crippen LogP contribution in [0.2, 0.25) is 0 Å². The molecule has 2 aromatic rings. The zero-order chi connectivity index (χ0) is 14.5. The van der Waals surface area contributed by atoms with Gasteiger partial charge in [0.25, 0.3) is 0 Å². The molecular formula is C16H16BrNO2. The molecule has 0 aliphatic heterocycles. The van der Waals surface area contributed by atoms with Gasteiger partial charge in [-0.15, -0.1) is 0 Å². The van der Waals surface area contributed by atoms with E-state index in [1.807, 2.05) is 18.2 Å². The largest absolute Gasteiger partial charge is 0.465 e. The van der Waals surface area contributed by atoms with Gasteiger partial charge in [-0.05, 0) is 42.3 Å². The highest BCUT2D eigenvalue weighted by Crippen LogP contribution is 2.21. The Bertz CT molecular complexity index is 626. The smallest absolute Gasteiger partial charge is 0.337 e. The average molecular weight is 334 g/mol. The predicted molar refractivity (Wildman–Crippen MR) is 84.0 cm³/mol. The van der Waals surface area contributed by atoms with Crippen LogP contribution >= 0.6 is 15.9 Å². The van der Waals surface area contributed by atoms with Gasteiger partial charge in [-0.1, -0.05) is 34.1 Å². The van der Waals surface area contributed by atoms with Crippen LogP contribution in [0.1, 0.15) is 21.5 Å². The van der Waals surface area contributed by atoms with Crippen molar-refractivity contribution in [2.24, 2.45) is 0 Å². The normalized spacial score (nSPS) is 10.2. The maximum absolute atomic E-state index is 11.4. The molecule has 0 atom stereocenters. The number of methoxy groups -OCH3 is 1. The Hall–Kier alpha value is -1.81. The quantitative estimate of drug-likeness (QED) is 0.854. The molecule has 0 unspecified atom stereocenters. The lowest BCUT2D eigenvalue weighted by Gasteiger charge is -2.10. The topological polar surface area (TPSA) is 38.3 Å². The van der Waals surface area contributed by atoms with Crippen molar-refractivity contribution in [3.05, 3.63) is 63.6 Å². The number of hydrogen-bond donors (Lipinski definition) is 1. The van der Waals surface area contributed by atoms with Crippen molar-refractivity contribution >= 4 is 27.6 Å². The Morgan fingerprint density at radius 3 is 2.70 bits per heavy atom. The molecule has 0 radical (unpaired) electrons. The van der Waals surface area contributed by atoms with Crippen LogP contribution in [0.25, 0.3) is 0 Å². The van der Waals surface area contributed by atoms with E-state index in [1.54, 1.807) is 12.1 Å². The summed E-state index contributed by atoms with van der Waals surface area (Å²) in [5.74, 6) is -0.330. The Morgan fingerprint density at radius 1 is 1.25 bits per heavy atom. The summed E-state index contributed by atoms with van der Waals surface area (Å²) in [6, 6.07) is 13.7. The van der Waals surface area contributed by atoms with E-state index in [-0.39, 0.29) is 5.97 Å². The first-order valence-electron chi connectivity index (χ1n) is 6.27. The van der Waals surface area contributed by atoms with Crippen molar-refractivity contribution in [3.8, 4) is 0 Å². The number of benzene rings is 2. The third-order valence-electron chi connectivity index (χ3n) is 2.98. The van der Waals surface area contributed by atoms with Crippen molar-refractivity contribution in [2.45, 2.75) is 13.5 Å². The van der Waals surface area contributed by atoms with Gasteiger partial charge in [-0.3, -0.25) is 0 Å². The molecule has 0 aliphatic rings. The fraction of sp³-hybridized carbons (Fsp3) is 0.188. The number of carbonyl (C=O) groups is 1. The third-order valence-corrected chi connectivity index (χ3v) is 3.71. The van der Waals surface area contributed by atoms with Crippen LogP contribution in [0.5, 0.6) is 0 Å². The highest BCUT2D eigenvalue weighted by molar-refractivity contribution is 9.10. The minimum Gasteiger partial charge on any atom is -0.465 e. The van der Waals surface area contributed by atoms with Gasteiger partial charge in [0.05, 0.1) is 12.7 Å². The first-order chi connectivity index (χ1) is 9.60. The second-order valence-electron chi connectivity index (χ2n) is 4.52. The average Bonchev–Trinajstić information content (AvgIpc) is 2.45. The molecule has 0 bridgehead atoms. The monoisotopic (exact) mass is 333 g/mol. The number of nitrogens with one attached hydrogen (secondary N) is 1. The lowest BCUT2D eigenvalue weighted by molar-refractivity contribution is 0.0600. The number of halogens is 1. The van der Waals surface area contributed by atoms with Gasteiger partial charge < -0.3 is 10.1 Å². The van der Waals surface area contributed by atoms with E-state index in [2.05, 4.69) is 40.3 Å². The summed E-state index contributed by atoms with van der Waals surface area (Å²) >= 11 is 3.48. The van der Waals surface area contributed by atoms with Gasteiger partial charge >= 0.3 is 5.97 Å². The molecule has 2 rings (SSSR count). The van der Waals surface area contributed by atoms with Gasteiger partial charge in [0.2, 0.25) is 0 Å². The molecule has 0 saturated heterocycles. The molecule has 0 heterocycles. The molecule has 0 saturated carbocycles. The molecule has 0 spiro atoms. The number of aryl methyl sites for hydroxylation is 1. The minimum atomic E-state index is -0.330. The molecule has 2 aromatic carbocycles. The maximum atomic E-state index is 11.4. The van der Waals surface area contributed by atoms with E-state index in [9.17, 15) is 4.79 Å². The maximum Gasteiger partial charge on any atom is 0.337 e. The first-order valence-corrected chi connectivity index (χ1v) is 7.06. The van der Waals surface area contributed by atoms with Crippen molar-refractivity contribution < 1.29 is 9.53 Å². The summed E-state index contributed by atoms with van der Waals surface area (Å²) in [5.41, 5.74) is 3.92. The molecule has 0 amide bonds. The molecular weight excluding hydrogens is 318 g/mol. The van der Waals surface area contributed by atoms with Gasteiger partial charge in [-0.2, -0.15) is 0 Å². The van der Waals surface area contributed by atoms with E-state index in [4.69, 9.17) is 4.74 Å². The van der Waals surface area contributed by atoms with Crippen LogP contribution in [-0.4, -0.2) is 13.1 Å². The van der Waals surface area contributed by atoms with Crippen LogP contribution in [0, 0.1) is 6.92 Å². The molecule has 0 aliphatic carbocycles. The lowest BCUT2D eigenvalue weighted by Crippen LogP contribution is -2.04. The first kappa shape index (κ1) is 14.6. The van der Waals surface area contributed by atoms with E-state index in [0.717, 1.165) is 15.7 Å².